The predicted molar refractivity (Wildman–Crippen MR) is 222 cm³/mol. The summed E-state index contributed by atoms with van der Waals surface area (Å²) in [6, 6.07) is 13.0. The normalized spacial score (nSPS) is 19.2. The van der Waals surface area contributed by atoms with Crippen LogP contribution in [-0.2, 0) is 24.3 Å². The van der Waals surface area contributed by atoms with Gasteiger partial charge in [-0.05, 0) is 55.8 Å². The molecule has 2 atom stereocenters. The van der Waals surface area contributed by atoms with Crippen molar-refractivity contribution in [1.29, 1.82) is 0 Å². The van der Waals surface area contributed by atoms with Gasteiger partial charge in [-0.2, -0.15) is 5.10 Å². The average Bonchev–Trinajstić information content (AvgIpc) is 3.73. The summed E-state index contributed by atoms with van der Waals surface area (Å²) in [4.78, 5) is 62.0. The first-order valence-corrected chi connectivity index (χ1v) is 21.9. The Morgan fingerprint density at radius 2 is 1.72 bits per heavy atom. The van der Waals surface area contributed by atoms with Gasteiger partial charge in [-0.25, -0.2) is 17.7 Å². The Labute approximate surface area is 359 Å². The largest absolute Gasteiger partial charge is 0.490 e. The highest BCUT2D eigenvalue weighted by molar-refractivity contribution is 7.89. The zero-order valence-corrected chi connectivity index (χ0v) is 34.9. The van der Waals surface area contributed by atoms with Crippen LogP contribution in [0.15, 0.2) is 67.1 Å². The van der Waals surface area contributed by atoms with Gasteiger partial charge in [-0.1, -0.05) is 29.3 Å². The van der Waals surface area contributed by atoms with E-state index in [0.29, 0.717) is 47.5 Å². The van der Waals surface area contributed by atoms with Crippen LogP contribution >= 0.6 is 23.2 Å². The molecule has 2 aromatic carbocycles. The lowest BCUT2D eigenvalue weighted by Gasteiger charge is -2.59. The van der Waals surface area contributed by atoms with E-state index in [9.17, 15) is 27.6 Å². The predicted octanol–water partition coefficient (Wildman–Crippen LogP) is 4.42. The molecule has 20 heteroatoms. The maximum atomic E-state index is 13.3. The molecule has 1 spiro atoms. The second kappa shape index (κ2) is 16.0. The molecule has 9 rings (SSSR count). The number of benzene rings is 2. The molecule has 316 valence electrons. The molecule has 61 heavy (non-hydrogen) atoms. The van der Waals surface area contributed by atoms with E-state index in [1.165, 1.54) is 28.8 Å². The van der Waals surface area contributed by atoms with Crippen molar-refractivity contribution >= 4 is 73.6 Å². The molecule has 3 fully saturated rings. The number of ether oxygens (including phenoxy) is 3. The molecule has 5 aromatic rings. The first-order valence-electron chi connectivity index (χ1n) is 19.5. The third-order valence-electron chi connectivity index (χ3n) is 11.4. The molecular formula is C41H38Cl2N8O9S. The van der Waals surface area contributed by atoms with Crippen LogP contribution in [-0.4, -0.2) is 119 Å². The highest BCUT2D eigenvalue weighted by Crippen LogP contribution is 2.43. The van der Waals surface area contributed by atoms with E-state index in [-0.39, 0.29) is 60.7 Å². The lowest BCUT2D eigenvalue weighted by Crippen LogP contribution is -2.73. The summed E-state index contributed by atoms with van der Waals surface area (Å²) in [5.74, 6) is -1.12. The number of H-pyrrole nitrogens is 1. The van der Waals surface area contributed by atoms with Crippen LogP contribution in [0.1, 0.15) is 52.1 Å². The van der Waals surface area contributed by atoms with Crippen LogP contribution in [0.4, 0.5) is 5.82 Å². The number of sulfonamides is 1. The lowest BCUT2D eigenvalue weighted by molar-refractivity contribution is -0.136. The topological polar surface area (TPSA) is 206 Å². The lowest BCUT2D eigenvalue weighted by atomic mass is 9.74. The first kappa shape index (κ1) is 40.7. The number of halogens is 2. The third-order valence-corrected chi connectivity index (χ3v) is 13.7. The Morgan fingerprint density at radius 3 is 2.46 bits per heavy atom. The number of aromatic amines is 1. The number of nitrogens with one attached hydrogen (secondary N) is 2. The smallest absolute Gasteiger partial charge is 0.266 e. The van der Waals surface area contributed by atoms with Gasteiger partial charge in [0.2, 0.25) is 21.8 Å². The monoisotopic (exact) mass is 888 g/mol. The molecule has 0 aliphatic carbocycles. The summed E-state index contributed by atoms with van der Waals surface area (Å²) in [5.41, 5.74) is 3.02. The van der Waals surface area contributed by atoms with E-state index in [1.807, 2.05) is 37.3 Å². The molecule has 4 aliphatic rings. The Kier molecular flexibility index (Phi) is 10.7. The number of hydrogen-bond donors (Lipinski definition) is 2. The second-order valence-electron chi connectivity index (χ2n) is 15.5. The molecule has 4 amide bonds. The molecule has 4 aliphatic heterocycles. The van der Waals surface area contributed by atoms with Crippen molar-refractivity contribution in [2.24, 2.45) is 5.41 Å². The number of carbonyl (C=O) groups is 4. The molecule has 3 aromatic heterocycles. The van der Waals surface area contributed by atoms with Gasteiger partial charge in [0, 0.05) is 73.1 Å². The SMILES string of the molecule is C[C@@H](Oc1ccc2[nH]nc(-c3ccc(N4CC5(C4)CN(S(=O)(=O)CCOCCOc4cccc6c4C(=O)N(C4CCC(=O)NC4=O)C6=O)C5)nc3)c2c1)c1c(Cl)cncc1Cl. The summed E-state index contributed by atoms with van der Waals surface area (Å²) >= 11 is 12.7. The molecule has 0 bridgehead atoms. The summed E-state index contributed by atoms with van der Waals surface area (Å²) in [6.07, 6.45) is 4.46. The van der Waals surface area contributed by atoms with Gasteiger partial charge in [-0.3, -0.25) is 39.5 Å². The Hall–Kier alpha value is -5.66. The summed E-state index contributed by atoms with van der Waals surface area (Å²) in [5, 5.41) is 11.5. The fraction of sp³-hybridized carbons (Fsp3) is 0.341. The number of hydrogen-bond acceptors (Lipinski definition) is 13. The van der Waals surface area contributed by atoms with Crippen LogP contribution in [0.25, 0.3) is 22.2 Å². The van der Waals surface area contributed by atoms with E-state index in [4.69, 9.17) is 42.4 Å². The minimum Gasteiger partial charge on any atom is -0.490 e. The quantitative estimate of drug-likeness (QED) is 0.117. The van der Waals surface area contributed by atoms with Crippen molar-refractivity contribution in [3.63, 3.8) is 0 Å². The van der Waals surface area contributed by atoms with Crippen LogP contribution in [0.5, 0.6) is 11.5 Å². The molecule has 2 N–H and O–H groups in total. The number of carbonyl (C=O) groups excluding carboxylic acids is 4. The highest BCUT2D eigenvalue weighted by atomic mass is 35.5. The maximum absolute atomic E-state index is 13.3. The number of pyridine rings is 2. The summed E-state index contributed by atoms with van der Waals surface area (Å²) in [6.45, 7) is 4.01. The van der Waals surface area contributed by atoms with Crippen molar-refractivity contribution < 1.29 is 41.8 Å². The van der Waals surface area contributed by atoms with E-state index in [0.717, 1.165) is 32.9 Å². The molecule has 0 radical (unpaired) electrons. The number of aromatic nitrogens is 4. The molecule has 0 saturated carbocycles. The fourth-order valence-electron chi connectivity index (χ4n) is 8.31. The standard InChI is InChI=1S/C41H38Cl2N8O9S/c1-23(35-28(42)17-44-18-29(35)43)60-25-6-7-30-27(15-25)37(48-47-30)24-5-9-33(45-16-24)49-19-41(20-49)21-50(22-41)61(56,57)14-13-58-11-12-59-32-4-2-3-26-36(32)40(55)51(39(26)54)31-8-10-34(52)46-38(31)53/h2-7,9,15-18,23,31H,8,10-14,19-22H2,1H3,(H,47,48)(H,46,52,53)/t23-,31?/m1/s1. The van der Waals surface area contributed by atoms with Crippen molar-refractivity contribution in [1.82, 2.24) is 34.7 Å². The minimum absolute atomic E-state index is 0.0126. The third kappa shape index (κ3) is 7.67. The van der Waals surface area contributed by atoms with Crippen LogP contribution in [0.2, 0.25) is 10.0 Å². The number of amides is 4. The van der Waals surface area contributed by atoms with E-state index >= 15 is 0 Å². The van der Waals surface area contributed by atoms with Gasteiger partial charge >= 0.3 is 0 Å². The number of imide groups is 2. The summed E-state index contributed by atoms with van der Waals surface area (Å²) < 4.78 is 45.2. The maximum Gasteiger partial charge on any atom is 0.266 e. The minimum atomic E-state index is -3.56. The second-order valence-corrected chi connectivity index (χ2v) is 18.4. The zero-order valence-electron chi connectivity index (χ0n) is 32.6. The van der Waals surface area contributed by atoms with E-state index < -0.39 is 45.8 Å². The Balaban J connectivity index is 0.725. The van der Waals surface area contributed by atoms with Gasteiger partial charge in [0.15, 0.2) is 0 Å². The van der Waals surface area contributed by atoms with E-state index in [2.05, 4.69) is 25.4 Å². The van der Waals surface area contributed by atoms with E-state index in [1.54, 1.807) is 12.3 Å². The molecule has 7 heterocycles. The summed E-state index contributed by atoms with van der Waals surface area (Å²) in [7, 11) is -3.56. The van der Waals surface area contributed by atoms with Crippen LogP contribution in [0.3, 0.4) is 0 Å². The van der Waals surface area contributed by atoms with Gasteiger partial charge < -0.3 is 19.1 Å². The van der Waals surface area contributed by atoms with Crippen molar-refractivity contribution in [2.45, 2.75) is 31.9 Å². The number of piperidine rings is 1. The van der Waals surface area contributed by atoms with Crippen molar-refractivity contribution in [2.75, 3.05) is 56.7 Å². The van der Waals surface area contributed by atoms with Crippen LogP contribution in [0, 0.1) is 5.41 Å². The van der Waals surface area contributed by atoms with Crippen molar-refractivity contribution in [3.8, 4) is 22.8 Å². The zero-order chi connectivity index (χ0) is 42.6. The fourth-order valence-corrected chi connectivity index (χ4v) is 10.5. The van der Waals surface area contributed by atoms with Gasteiger partial charge in [0.05, 0.1) is 45.7 Å². The molecule has 17 nitrogen and oxygen atoms in total. The van der Waals surface area contributed by atoms with Crippen molar-refractivity contribution in [3.05, 3.63) is 93.9 Å². The van der Waals surface area contributed by atoms with Gasteiger partial charge in [-0.15, -0.1) is 0 Å². The number of anilines is 1. The molecule has 1 unspecified atom stereocenters. The Bertz CT molecular complexity index is 2680. The van der Waals surface area contributed by atoms with Crippen LogP contribution < -0.4 is 19.7 Å². The Morgan fingerprint density at radius 1 is 0.934 bits per heavy atom. The van der Waals surface area contributed by atoms with Gasteiger partial charge in [0.25, 0.3) is 11.8 Å². The average molecular weight is 890 g/mol. The number of fused-ring (bicyclic) bond motifs is 2. The van der Waals surface area contributed by atoms with Gasteiger partial charge in [0.1, 0.15) is 41.8 Å². The highest BCUT2D eigenvalue weighted by Gasteiger charge is 2.55. The molecular weight excluding hydrogens is 851 g/mol. The number of nitrogens with zero attached hydrogens (tertiary/aromatic N) is 6. The number of rotatable bonds is 14. The first-order chi connectivity index (χ1) is 29.3. The molecule has 3 saturated heterocycles.